The van der Waals surface area contributed by atoms with Crippen LogP contribution in [0.15, 0.2) is 27.1 Å². The number of nitrogens with zero attached hydrogens (tertiary/aromatic N) is 1. The lowest BCUT2D eigenvalue weighted by molar-refractivity contribution is -0.742. The Morgan fingerprint density at radius 3 is 2.36 bits per heavy atom. The van der Waals surface area contributed by atoms with E-state index in [2.05, 4.69) is 37.3 Å². The van der Waals surface area contributed by atoms with Crippen LogP contribution in [-0.4, -0.2) is 10.3 Å². The summed E-state index contributed by atoms with van der Waals surface area (Å²) in [6.45, 7) is 0. The number of rotatable bonds is 1. The second kappa shape index (κ2) is 6.57. The Kier molecular flexibility index (Phi) is 6.17. The molecule has 1 rings (SSSR count). The molecule has 0 bridgehead atoms. The Balaban J connectivity index is 0.000000364. The number of anilines is 1. The monoisotopic (exact) mass is 327 g/mol. The molecule has 0 unspecified atom stereocenters. The first-order valence-corrected chi connectivity index (χ1v) is 4.81. The van der Waals surface area contributed by atoms with Crippen LogP contribution in [0.25, 0.3) is 0 Å². The Labute approximate surface area is 96.4 Å². The standard InChI is InChI=1S/C6H6Br2N2.HNO3/c7-4-1-2-5(8)6(3-4)10-9;2-1(3)4/h1-3,10H,9H2;(H,2,3,4). The molecular weight excluding hydrogens is 322 g/mol. The number of benzene rings is 1. The van der Waals surface area contributed by atoms with Gasteiger partial charge in [-0.05, 0) is 34.1 Å². The van der Waals surface area contributed by atoms with E-state index in [9.17, 15) is 0 Å². The van der Waals surface area contributed by atoms with Crippen molar-refractivity contribution in [2.24, 2.45) is 5.84 Å². The summed E-state index contributed by atoms with van der Waals surface area (Å²) >= 11 is 6.65. The molecule has 0 fully saturated rings. The number of hydrogen-bond donors (Lipinski definition) is 3. The van der Waals surface area contributed by atoms with Gasteiger partial charge in [0.05, 0.1) is 5.69 Å². The van der Waals surface area contributed by atoms with Crippen molar-refractivity contribution in [3.05, 3.63) is 37.3 Å². The van der Waals surface area contributed by atoms with E-state index in [0.717, 1.165) is 14.6 Å². The summed E-state index contributed by atoms with van der Waals surface area (Å²) in [7, 11) is 0. The van der Waals surface area contributed by atoms with Gasteiger partial charge in [0.1, 0.15) is 0 Å². The average molecular weight is 329 g/mol. The maximum atomic E-state index is 8.36. The van der Waals surface area contributed by atoms with Crippen LogP contribution in [0.5, 0.6) is 0 Å². The molecule has 0 aliphatic heterocycles. The van der Waals surface area contributed by atoms with Gasteiger partial charge in [-0.15, -0.1) is 10.1 Å². The Hall–Kier alpha value is -0.860. The minimum absolute atomic E-state index is 0.870. The van der Waals surface area contributed by atoms with Crippen molar-refractivity contribution in [3.63, 3.8) is 0 Å². The zero-order valence-electron chi connectivity index (χ0n) is 6.78. The first-order chi connectivity index (χ1) is 6.47. The van der Waals surface area contributed by atoms with E-state index >= 15 is 0 Å². The summed E-state index contributed by atoms with van der Waals surface area (Å²) in [5.74, 6) is 5.22. The summed E-state index contributed by atoms with van der Waals surface area (Å²) in [6.07, 6.45) is 0. The molecule has 1 aromatic rings. The second-order valence-corrected chi connectivity index (χ2v) is 3.78. The normalized spacial score (nSPS) is 8.50. The van der Waals surface area contributed by atoms with Crippen molar-refractivity contribution in [3.8, 4) is 0 Å². The average Bonchev–Trinajstić information content (AvgIpc) is 2.08. The number of hydrazine groups is 1. The van der Waals surface area contributed by atoms with Crippen LogP contribution in [0, 0.1) is 10.1 Å². The van der Waals surface area contributed by atoms with Gasteiger partial charge >= 0.3 is 0 Å². The Morgan fingerprint density at radius 1 is 1.50 bits per heavy atom. The molecule has 0 saturated carbocycles. The fourth-order valence-corrected chi connectivity index (χ4v) is 1.33. The van der Waals surface area contributed by atoms with Crippen LogP contribution in [0.4, 0.5) is 5.69 Å². The molecule has 14 heavy (non-hydrogen) atoms. The second-order valence-electron chi connectivity index (χ2n) is 2.01. The van der Waals surface area contributed by atoms with Gasteiger partial charge in [0.15, 0.2) is 0 Å². The van der Waals surface area contributed by atoms with E-state index in [4.69, 9.17) is 21.2 Å². The largest absolute Gasteiger partial charge is 0.328 e. The molecule has 8 heteroatoms. The van der Waals surface area contributed by atoms with Crippen LogP contribution in [-0.2, 0) is 0 Å². The zero-order valence-corrected chi connectivity index (χ0v) is 9.95. The van der Waals surface area contributed by atoms with Crippen LogP contribution < -0.4 is 11.3 Å². The molecule has 0 amide bonds. The number of halogens is 2. The van der Waals surface area contributed by atoms with Crippen LogP contribution >= 0.6 is 31.9 Å². The SMILES string of the molecule is NNc1cc(Br)ccc1Br.O=[N+]([O-])O. The van der Waals surface area contributed by atoms with Gasteiger partial charge in [0.25, 0.3) is 5.09 Å². The highest BCUT2D eigenvalue weighted by molar-refractivity contribution is 9.11. The van der Waals surface area contributed by atoms with Crippen molar-refractivity contribution in [2.45, 2.75) is 0 Å². The van der Waals surface area contributed by atoms with E-state index in [-0.39, 0.29) is 0 Å². The van der Waals surface area contributed by atoms with Gasteiger partial charge in [0.2, 0.25) is 0 Å². The maximum Gasteiger partial charge on any atom is 0.291 e. The smallest absolute Gasteiger partial charge is 0.291 e. The van der Waals surface area contributed by atoms with Crippen molar-refractivity contribution in [1.29, 1.82) is 0 Å². The molecular formula is C6H7Br2N3O3. The molecule has 0 aliphatic rings. The fraction of sp³-hybridized carbons (Fsp3) is 0. The molecule has 0 aromatic heterocycles. The van der Waals surface area contributed by atoms with E-state index in [0.29, 0.717) is 0 Å². The van der Waals surface area contributed by atoms with Gasteiger partial charge in [-0.25, -0.2) is 0 Å². The van der Waals surface area contributed by atoms with Crippen molar-refractivity contribution >= 4 is 37.5 Å². The highest BCUT2D eigenvalue weighted by Gasteiger charge is 1.96. The van der Waals surface area contributed by atoms with Crippen LogP contribution in [0.1, 0.15) is 0 Å². The molecule has 0 spiro atoms. The molecule has 0 saturated heterocycles. The first-order valence-electron chi connectivity index (χ1n) is 3.22. The lowest BCUT2D eigenvalue weighted by Crippen LogP contribution is -2.06. The van der Waals surface area contributed by atoms with Crippen molar-refractivity contribution in [1.82, 2.24) is 0 Å². The predicted molar refractivity (Wildman–Crippen MR) is 58.4 cm³/mol. The van der Waals surface area contributed by atoms with Crippen molar-refractivity contribution < 1.29 is 10.3 Å². The molecule has 0 heterocycles. The maximum absolute atomic E-state index is 8.36. The van der Waals surface area contributed by atoms with E-state index < -0.39 is 5.09 Å². The molecule has 0 radical (unpaired) electrons. The minimum Gasteiger partial charge on any atom is -0.328 e. The number of nitrogen functional groups attached to an aromatic ring is 1. The summed E-state index contributed by atoms with van der Waals surface area (Å²) in [6, 6.07) is 5.74. The highest BCUT2D eigenvalue weighted by atomic mass is 79.9. The minimum atomic E-state index is -1.50. The van der Waals surface area contributed by atoms with Crippen molar-refractivity contribution in [2.75, 3.05) is 5.43 Å². The molecule has 0 atom stereocenters. The van der Waals surface area contributed by atoms with Gasteiger partial charge in [-0.1, -0.05) is 15.9 Å². The lowest BCUT2D eigenvalue weighted by Gasteiger charge is -2.01. The summed E-state index contributed by atoms with van der Waals surface area (Å²) < 4.78 is 1.96. The Bertz CT molecular complexity index is 317. The van der Waals surface area contributed by atoms with Crippen LogP contribution in [0.2, 0.25) is 0 Å². The topological polar surface area (TPSA) is 101 Å². The summed E-state index contributed by atoms with van der Waals surface area (Å²) in [5.41, 5.74) is 3.43. The number of nitrogens with two attached hydrogens (primary N) is 1. The molecule has 4 N–H and O–H groups in total. The Morgan fingerprint density at radius 2 is 2.00 bits per heavy atom. The third-order valence-electron chi connectivity index (χ3n) is 1.08. The predicted octanol–water partition coefficient (Wildman–Crippen LogP) is 2.15. The zero-order chi connectivity index (χ0) is 11.1. The quantitative estimate of drug-likeness (QED) is 0.416. The molecule has 0 aliphatic carbocycles. The first kappa shape index (κ1) is 13.1. The molecule has 6 nitrogen and oxygen atoms in total. The number of hydrogen-bond acceptors (Lipinski definition) is 4. The molecule has 78 valence electrons. The third kappa shape index (κ3) is 5.73. The van der Waals surface area contributed by atoms with E-state index in [1.165, 1.54) is 0 Å². The molecule has 1 aromatic carbocycles. The van der Waals surface area contributed by atoms with E-state index in [1.807, 2.05) is 18.2 Å². The summed E-state index contributed by atoms with van der Waals surface area (Å²) in [4.78, 5) is 8.36. The van der Waals surface area contributed by atoms with Crippen LogP contribution in [0.3, 0.4) is 0 Å². The number of nitrogens with one attached hydrogen (secondary N) is 1. The lowest BCUT2D eigenvalue weighted by atomic mass is 10.3. The fourth-order valence-electron chi connectivity index (χ4n) is 0.608. The van der Waals surface area contributed by atoms with Gasteiger partial charge in [-0.3, -0.25) is 5.84 Å². The third-order valence-corrected chi connectivity index (χ3v) is 2.27. The summed E-state index contributed by atoms with van der Waals surface area (Å²) in [5, 5.41) is 13.6. The van der Waals surface area contributed by atoms with Gasteiger partial charge < -0.3 is 10.6 Å². The highest BCUT2D eigenvalue weighted by Crippen LogP contribution is 2.24. The van der Waals surface area contributed by atoms with Gasteiger partial charge in [-0.2, -0.15) is 0 Å². The van der Waals surface area contributed by atoms with E-state index in [1.54, 1.807) is 0 Å². The van der Waals surface area contributed by atoms with Gasteiger partial charge in [0, 0.05) is 8.95 Å².